The largest absolute Gasteiger partial charge is 0.381 e. The van der Waals surface area contributed by atoms with E-state index in [0.717, 1.165) is 31.1 Å². The zero-order valence-electron chi connectivity index (χ0n) is 12.0. The van der Waals surface area contributed by atoms with Gasteiger partial charge in [-0.05, 0) is 70.0 Å². The van der Waals surface area contributed by atoms with Crippen LogP contribution in [0.2, 0.25) is 0 Å². The van der Waals surface area contributed by atoms with Crippen molar-refractivity contribution in [3.8, 4) is 0 Å². The van der Waals surface area contributed by atoms with Crippen molar-refractivity contribution in [3.63, 3.8) is 0 Å². The first kappa shape index (κ1) is 15.6. The Kier molecular flexibility index (Phi) is 6.40. The van der Waals surface area contributed by atoms with Gasteiger partial charge in [-0.3, -0.25) is 4.90 Å². The SMILES string of the molecule is C1CC(C2CCOCC2)N(CC2CCNCC2)C1.Cl. The van der Waals surface area contributed by atoms with Crippen LogP contribution in [0, 0.1) is 11.8 Å². The Hall–Kier alpha value is 0.170. The molecular weight excluding hydrogens is 260 g/mol. The highest BCUT2D eigenvalue weighted by Gasteiger charge is 2.33. The number of hydrogen-bond acceptors (Lipinski definition) is 3. The van der Waals surface area contributed by atoms with E-state index in [0.29, 0.717) is 0 Å². The molecule has 1 atom stereocenters. The third-order valence-electron chi connectivity index (χ3n) is 5.18. The molecule has 1 N–H and O–H groups in total. The maximum Gasteiger partial charge on any atom is 0.0469 e. The second kappa shape index (κ2) is 7.82. The third kappa shape index (κ3) is 4.07. The maximum atomic E-state index is 5.52. The van der Waals surface area contributed by atoms with Crippen molar-refractivity contribution >= 4 is 12.4 Å². The summed E-state index contributed by atoms with van der Waals surface area (Å²) >= 11 is 0. The number of piperidine rings is 1. The molecule has 0 saturated carbocycles. The lowest BCUT2D eigenvalue weighted by Gasteiger charge is -2.36. The van der Waals surface area contributed by atoms with Crippen molar-refractivity contribution < 1.29 is 4.74 Å². The second-order valence-corrected chi connectivity index (χ2v) is 6.35. The third-order valence-corrected chi connectivity index (χ3v) is 5.18. The first-order valence-electron chi connectivity index (χ1n) is 7.96. The first-order chi connectivity index (χ1) is 8.93. The Labute approximate surface area is 123 Å². The summed E-state index contributed by atoms with van der Waals surface area (Å²) in [5.74, 6) is 1.87. The summed E-state index contributed by atoms with van der Waals surface area (Å²) in [6.45, 7) is 7.20. The molecule has 3 aliphatic heterocycles. The zero-order chi connectivity index (χ0) is 12.2. The molecule has 0 spiro atoms. The summed E-state index contributed by atoms with van der Waals surface area (Å²) in [6, 6.07) is 0.879. The highest BCUT2D eigenvalue weighted by atomic mass is 35.5. The smallest absolute Gasteiger partial charge is 0.0469 e. The van der Waals surface area contributed by atoms with Gasteiger partial charge in [-0.25, -0.2) is 0 Å². The van der Waals surface area contributed by atoms with E-state index < -0.39 is 0 Å². The minimum atomic E-state index is 0. The van der Waals surface area contributed by atoms with Crippen molar-refractivity contribution in [2.45, 2.75) is 44.6 Å². The van der Waals surface area contributed by atoms with Crippen LogP contribution in [0.5, 0.6) is 0 Å². The molecule has 3 saturated heterocycles. The molecule has 3 fully saturated rings. The zero-order valence-corrected chi connectivity index (χ0v) is 12.8. The fraction of sp³-hybridized carbons (Fsp3) is 1.00. The van der Waals surface area contributed by atoms with Crippen LogP contribution in [0.3, 0.4) is 0 Å². The Morgan fingerprint density at radius 2 is 1.74 bits per heavy atom. The van der Waals surface area contributed by atoms with Crippen LogP contribution in [0.15, 0.2) is 0 Å². The van der Waals surface area contributed by atoms with E-state index >= 15 is 0 Å². The molecule has 0 aliphatic carbocycles. The van der Waals surface area contributed by atoms with Crippen LogP contribution < -0.4 is 5.32 Å². The van der Waals surface area contributed by atoms with Crippen molar-refractivity contribution in [2.24, 2.45) is 11.8 Å². The molecule has 3 nitrogen and oxygen atoms in total. The van der Waals surface area contributed by atoms with Gasteiger partial charge in [-0.2, -0.15) is 0 Å². The Morgan fingerprint density at radius 3 is 2.47 bits per heavy atom. The predicted octanol–water partition coefficient (Wildman–Crippen LogP) is 2.30. The highest BCUT2D eigenvalue weighted by molar-refractivity contribution is 5.85. The quantitative estimate of drug-likeness (QED) is 0.862. The van der Waals surface area contributed by atoms with Gasteiger partial charge in [0.15, 0.2) is 0 Å². The molecule has 0 radical (unpaired) electrons. The summed E-state index contributed by atoms with van der Waals surface area (Å²) < 4.78 is 5.52. The van der Waals surface area contributed by atoms with Crippen LogP contribution in [-0.4, -0.2) is 50.3 Å². The number of ether oxygens (including phenoxy) is 1. The van der Waals surface area contributed by atoms with Crippen molar-refractivity contribution in [3.05, 3.63) is 0 Å². The van der Waals surface area contributed by atoms with Gasteiger partial charge in [0.2, 0.25) is 0 Å². The number of hydrogen-bond donors (Lipinski definition) is 1. The molecule has 3 aliphatic rings. The average molecular weight is 289 g/mol. The predicted molar refractivity (Wildman–Crippen MR) is 81.0 cm³/mol. The number of halogens is 1. The molecule has 0 aromatic carbocycles. The van der Waals surface area contributed by atoms with E-state index in [-0.39, 0.29) is 12.4 Å². The Balaban J connectivity index is 0.00000133. The molecule has 0 amide bonds. The summed E-state index contributed by atoms with van der Waals surface area (Å²) in [4.78, 5) is 2.83. The minimum absolute atomic E-state index is 0. The van der Waals surface area contributed by atoms with Gasteiger partial charge in [-0.15, -0.1) is 12.4 Å². The lowest BCUT2D eigenvalue weighted by molar-refractivity contribution is 0.0320. The van der Waals surface area contributed by atoms with Crippen molar-refractivity contribution in [1.82, 2.24) is 10.2 Å². The molecular formula is C15H29ClN2O. The highest BCUT2D eigenvalue weighted by Crippen LogP contribution is 2.31. The standard InChI is InChI=1S/C15H28N2O.ClH/c1-2-15(14-5-10-18-11-6-14)17(9-1)12-13-3-7-16-8-4-13;/h13-16H,1-12H2;1H. The molecule has 1 unspecified atom stereocenters. The normalized spacial score (nSPS) is 31.3. The molecule has 112 valence electrons. The lowest BCUT2D eigenvalue weighted by atomic mass is 9.89. The number of likely N-dealkylation sites (tertiary alicyclic amines) is 1. The molecule has 0 aromatic heterocycles. The maximum absolute atomic E-state index is 5.52. The van der Waals surface area contributed by atoms with Crippen molar-refractivity contribution in [1.29, 1.82) is 0 Å². The molecule has 19 heavy (non-hydrogen) atoms. The summed E-state index contributed by atoms with van der Waals surface area (Å²) in [6.07, 6.45) is 8.23. The van der Waals surface area contributed by atoms with Crippen LogP contribution in [0.25, 0.3) is 0 Å². The number of rotatable bonds is 3. The molecule has 3 heterocycles. The van der Waals surface area contributed by atoms with Crippen LogP contribution in [0.4, 0.5) is 0 Å². The first-order valence-corrected chi connectivity index (χ1v) is 7.96. The van der Waals surface area contributed by atoms with Gasteiger partial charge in [-0.1, -0.05) is 0 Å². The fourth-order valence-corrected chi connectivity index (χ4v) is 4.11. The topological polar surface area (TPSA) is 24.5 Å². The van der Waals surface area contributed by atoms with E-state index in [1.807, 2.05) is 0 Å². The molecule has 0 aromatic rings. The van der Waals surface area contributed by atoms with E-state index in [1.165, 1.54) is 64.7 Å². The minimum Gasteiger partial charge on any atom is -0.381 e. The summed E-state index contributed by atoms with van der Waals surface area (Å²) in [5.41, 5.74) is 0. The van der Waals surface area contributed by atoms with Crippen LogP contribution in [-0.2, 0) is 4.74 Å². The van der Waals surface area contributed by atoms with Crippen molar-refractivity contribution in [2.75, 3.05) is 39.4 Å². The number of nitrogens with one attached hydrogen (secondary N) is 1. The van der Waals surface area contributed by atoms with Gasteiger partial charge < -0.3 is 10.1 Å². The Bertz CT molecular complexity index is 253. The van der Waals surface area contributed by atoms with Gasteiger partial charge in [0.25, 0.3) is 0 Å². The van der Waals surface area contributed by atoms with Gasteiger partial charge in [0.05, 0.1) is 0 Å². The molecule has 0 bridgehead atoms. The van der Waals surface area contributed by atoms with E-state index in [9.17, 15) is 0 Å². The van der Waals surface area contributed by atoms with E-state index in [2.05, 4.69) is 10.2 Å². The average Bonchev–Trinajstić information content (AvgIpc) is 2.89. The molecule has 4 heteroatoms. The summed E-state index contributed by atoms with van der Waals surface area (Å²) in [5, 5.41) is 3.48. The van der Waals surface area contributed by atoms with E-state index in [4.69, 9.17) is 4.74 Å². The van der Waals surface area contributed by atoms with Gasteiger partial charge in [0.1, 0.15) is 0 Å². The fourth-order valence-electron chi connectivity index (χ4n) is 4.11. The number of nitrogens with zero attached hydrogens (tertiary/aromatic N) is 1. The molecule has 3 rings (SSSR count). The van der Waals surface area contributed by atoms with E-state index in [1.54, 1.807) is 0 Å². The summed E-state index contributed by atoms with van der Waals surface area (Å²) in [7, 11) is 0. The van der Waals surface area contributed by atoms with Gasteiger partial charge >= 0.3 is 0 Å². The monoisotopic (exact) mass is 288 g/mol. The van der Waals surface area contributed by atoms with Gasteiger partial charge in [0, 0.05) is 25.8 Å². The Morgan fingerprint density at radius 1 is 1.00 bits per heavy atom. The second-order valence-electron chi connectivity index (χ2n) is 6.35. The van der Waals surface area contributed by atoms with Crippen LogP contribution in [0.1, 0.15) is 38.5 Å². The lowest BCUT2D eigenvalue weighted by Crippen LogP contribution is -2.42. The van der Waals surface area contributed by atoms with Crippen LogP contribution >= 0.6 is 12.4 Å².